The number of benzene rings is 2. The van der Waals surface area contributed by atoms with Crippen molar-refractivity contribution in [2.75, 3.05) is 18.6 Å². The van der Waals surface area contributed by atoms with Gasteiger partial charge in [0.1, 0.15) is 5.76 Å². The Bertz CT molecular complexity index is 1360. The van der Waals surface area contributed by atoms with Gasteiger partial charge in [0.15, 0.2) is 6.61 Å². The molecule has 0 saturated heterocycles. The normalized spacial score (nSPS) is 13.8. The van der Waals surface area contributed by atoms with E-state index in [9.17, 15) is 9.59 Å². The number of carbonyl (C=O) groups is 2. The van der Waals surface area contributed by atoms with Crippen LogP contribution >= 0.6 is 0 Å². The number of likely N-dealkylation sites (N-methyl/N-ethyl adjacent to an activating group) is 1. The van der Waals surface area contributed by atoms with Crippen molar-refractivity contribution in [2.24, 2.45) is 0 Å². The molecule has 2 aromatic carbocycles. The topological polar surface area (TPSA) is 72.6 Å². The minimum absolute atomic E-state index is 0.303. The van der Waals surface area contributed by atoms with Crippen LogP contribution in [0.15, 0.2) is 77.4 Å². The van der Waals surface area contributed by atoms with Crippen LogP contribution in [0.5, 0.6) is 0 Å². The Labute approximate surface area is 191 Å². The maximum absolute atomic E-state index is 13.2. The minimum atomic E-state index is -0.515. The maximum atomic E-state index is 13.2. The number of fused-ring (bicyclic) bond motifs is 2. The van der Waals surface area contributed by atoms with Gasteiger partial charge in [-0.2, -0.15) is 0 Å². The molecule has 0 bridgehead atoms. The number of pyridine rings is 1. The first-order valence-electron chi connectivity index (χ1n) is 10.8. The van der Waals surface area contributed by atoms with E-state index in [1.807, 2.05) is 72.8 Å². The van der Waals surface area contributed by atoms with E-state index in [1.165, 1.54) is 4.90 Å². The summed E-state index contributed by atoms with van der Waals surface area (Å²) in [6.45, 7) is -0.343. The molecule has 4 aromatic rings. The van der Waals surface area contributed by atoms with Gasteiger partial charge in [0.2, 0.25) is 0 Å². The van der Waals surface area contributed by atoms with Crippen molar-refractivity contribution in [1.82, 2.24) is 4.98 Å². The second-order valence-electron chi connectivity index (χ2n) is 7.88. The van der Waals surface area contributed by atoms with Gasteiger partial charge in [-0.3, -0.25) is 4.79 Å². The zero-order valence-electron chi connectivity index (χ0n) is 18.2. The first-order chi connectivity index (χ1) is 16.1. The molecule has 0 N–H and O–H groups in total. The predicted octanol–water partition coefficient (Wildman–Crippen LogP) is 5.13. The molecule has 0 saturated carbocycles. The molecule has 0 fully saturated rings. The SMILES string of the molecule is CN(C(=O)COC(=O)c1c2c(nc3ccccc13)/C(=C/c1ccco1)CC2)c1ccccc1. The van der Waals surface area contributed by atoms with Crippen molar-refractivity contribution < 1.29 is 18.7 Å². The number of allylic oxidation sites excluding steroid dienone is 1. The molecule has 0 radical (unpaired) electrons. The summed E-state index contributed by atoms with van der Waals surface area (Å²) in [5.74, 6) is -0.0756. The van der Waals surface area contributed by atoms with E-state index in [-0.39, 0.29) is 12.5 Å². The van der Waals surface area contributed by atoms with Gasteiger partial charge in [-0.1, -0.05) is 36.4 Å². The van der Waals surface area contributed by atoms with Crippen LogP contribution in [0, 0.1) is 0 Å². The van der Waals surface area contributed by atoms with E-state index in [0.29, 0.717) is 17.5 Å². The zero-order chi connectivity index (χ0) is 22.8. The summed E-state index contributed by atoms with van der Waals surface area (Å²) in [5.41, 5.74) is 4.57. The molecule has 1 aliphatic carbocycles. The van der Waals surface area contributed by atoms with Crippen molar-refractivity contribution in [3.05, 3.63) is 95.6 Å². The van der Waals surface area contributed by atoms with Crippen molar-refractivity contribution in [3.8, 4) is 0 Å². The Morgan fingerprint density at radius 1 is 1.03 bits per heavy atom. The molecule has 1 amide bonds. The number of hydrogen-bond acceptors (Lipinski definition) is 5. The fourth-order valence-corrected chi connectivity index (χ4v) is 4.15. The largest absolute Gasteiger partial charge is 0.465 e. The van der Waals surface area contributed by atoms with E-state index in [1.54, 1.807) is 13.3 Å². The summed E-state index contributed by atoms with van der Waals surface area (Å²) in [6.07, 6.45) is 5.00. The number of aromatic nitrogens is 1. The first-order valence-corrected chi connectivity index (χ1v) is 10.8. The van der Waals surface area contributed by atoms with E-state index >= 15 is 0 Å². The van der Waals surface area contributed by atoms with E-state index in [2.05, 4.69) is 0 Å². The molecule has 1 aliphatic rings. The monoisotopic (exact) mass is 438 g/mol. The number of esters is 1. The van der Waals surface area contributed by atoms with E-state index < -0.39 is 5.97 Å². The van der Waals surface area contributed by atoms with Crippen molar-refractivity contribution in [3.63, 3.8) is 0 Å². The number of ether oxygens (including phenoxy) is 1. The summed E-state index contributed by atoms with van der Waals surface area (Å²) in [6, 6.07) is 20.5. The van der Waals surface area contributed by atoms with Crippen LogP contribution in [-0.2, 0) is 16.0 Å². The second kappa shape index (κ2) is 8.74. The van der Waals surface area contributed by atoms with Gasteiger partial charge < -0.3 is 14.1 Å². The molecule has 2 heterocycles. The molecular formula is C27H22N2O4. The van der Waals surface area contributed by atoms with Crippen LogP contribution in [0.3, 0.4) is 0 Å². The van der Waals surface area contributed by atoms with Crippen LogP contribution in [0.25, 0.3) is 22.6 Å². The summed E-state index contributed by atoms with van der Waals surface area (Å²) in [4.78, 5) is 32.2. The van der Waals surface area contributed by atoms with Crippen LogP contribution in [0.2, 0.25) is 0 Å². The fraction of sp³-hybridized carbons (Fsp3) is 0.148. The number of nitrogens with zero attached hydrogens (tertiary/aromatic N) is 2. The van der Waals surface area contributed by atoms with Crippen molar-refractivity contribution in [2.45, 2.75) is 12.8 Å². The zero-order valence-corrected chi connectivity index (χ0v) is 18.2. The number of anilines is 1. The lowest BCUT2D eigenvalue weighted by Crippen LogP contribution is -2.31. The number of rotatable bonds is 5. The van der Waals surface area contributed by atoms with Gasteiger partial charge in [-0.05, 0) is 60.4 Å². The molecule has 0 spiro atoms. The van der Waals surface area contributed by atoms with Crippen molar-refractivity contribution in [1.29, 1.82) is 0 Å². The van der Waals surface area contributed by atoms with E-state index in [4.69, 9.17) is 14.1 Å². The summed E-state index contributed by atoms with van der Waals surface area (Å²) >= 11 is 0. The second-order valence-corrected chi connectivity index (χ2v) is 7.88. The average Bonchev–Trinajstić information content (AvgIpc) is 3.51. The van der Waals surface area contributed by atoms with Gasteiger partial charge in [-0.25, -0.2) is 9.78 Å². The number of hydrogen-bond donors (Lipinski definition) is 0. The Morgan fingerprint density at radius 2 is 1.82 bits per heavy atom. The summed E-state index contributed by atoms with van der Waals surface area (Å²) in [5, 5.41) is 0.726. The first kappa shape index (κ1) is 20.7. The van der Waals surface area contributed by atoms with Gasteiger partial charge in [-0.15, -0.1) is 0 Å². The standard InChI is InChI=1S/C27H22N2O4/c1-29(19-8-3-2-4-9-19)24(30)17-33-27(31)25-21-11-5-6-12-23(21)28-26-18(13-14-22(25)26)16-20-10-7-15-32-20/h2-12,15-16H,13-14,17H2,1H3/b18-16+. The van der Waals surface area contributed by atoms with Crippen molar-refractivity contribution >= 4 is 40.1 Å². The van der Waals surface area contributed by atoms with Crippen LogP contribution < -0.4 is 4.90 Å². The maximum Gasteiger partial charge on any atom is 0.339 e. The highest BCUT2D eigenvalue weighted by Gasteiger charge is 2.28. The Hall–Kier alpha value is -4.19. The molecule has 2 aromatic heterocycles. The fourth-order valence-electron chi connectivity index (χ4n) is 4.15. The van der Waals surface area contributed by atoms with Crippen LogP contribution in [0.1, 0.15) is 33.8 Å². The number of carbonyl (C=O) groups excluding carboxylic acids is 2. The molecule has 164 valence electrons. The highest BCUT2D eigenvalue weighted by atomic mass is 16.5. The van der Waals surface area contributed by atoms with Gasteiger partial charge in [0, 0.05) is 18.1 Å². The van der Waals surface area contributed by atoms with Gasteiger partial charge >= 0.3 is 5.97 Å². The number of furan rings is 1. The lowest BCUT2D eigenvalue weighted by atomic mass is 10.0. The summed E-state index contributed by atoms with van der Waals surface area (Å²) in [7, 11) is 1.66. The third-order valence-corrected chi connectivity index (χ3v) is 5.85. The quantitative estimate of drug-likeness (QED) is 0.404. The molecular weight excluding hydrogens is 416 g/mol. The average molecular weight is 438 g/mol. The molecule has 6 heteroatoms. The summed E-state index contributed by atoms with van der Waals surface area (Å²) < 4.78 is 11.0. The van der Waals surface area contributed by atoms with Gasteiger partial charge in [0.05, 0.1) is 23.0 Å². The highest BCUT2D eigenvalue weighted by Crippen LogP contribution is 2.37. The van der Waals surface area contributed by atoms with Gasteiger partial charge in [0.25, 0.3) is 5.91 Å². The minimum Gasteiger partial charge on any atom is -0.465 e. The molecule has 33 heavy (non-hydrogen) atoms. The molecule has 5 rings (SSSR count). The number of para-hydroxylation sites is 2. The van der Waals surface area contributed by atoms with E-state index in [0.717, 1.165) is 40.1 Å². The molecule has 0 aliphatic heterocycles. The lowest BCUT2D eigenvalue weighted by molar-refractivity contribution is -0.121. The molecule has 6 nitrogen and oxygen atoms in total. The Morgan fingerprint density at radius 3 is 2.61 bits per heavy atom. The Balaban J connectivity index is 1.45. The highest BCUT2D eigenvalue weighted by molar-refractivity contribution is 6.08. The predicted molar refractivity (Wildman–Crippen MR) is 127 cm³/mol. The number of amides is 1. The lowest BCUT2D eigenvalue weighted by Gasteiger charge is -2.17. The smallest absolute Gasteiger partial charge is 0.339 e. The third-order valence-electron chi connectivity index (χ3n) is 5.85. The third kappa shape index (κ3) is 4.03. The Kier molecular flexibility index (Phi) is 5.48. The van der Waals surface area contributed by atoms with Crippen LogP contribution in [0.4, 0.5) is 5.69 Å². The van der Waals surface area contributed by atoms with Crippen LogP contribution in [-0.4, -0.2) is 30.5 Å². The molecule has 0 atom stereocenters. The molecule has 0 unspecified atom stereocenters.